The largest absolute Gasteiger partial charge is 0.360 e. The lowest BCUT2D eigenvalue weighted by atomic mass is 10.2. The molecule has 0 radical (unpaired) electrons. The van der Waals surface area contributed by atoms with E-state index >= 15 is 0 Å². The Bertz CT molecular complexity index is 648. The van der Waals surface area contributed by atoms with Crippen molar-refractivity contribution in [3.63, 3.8) is 0 Å². The van der Waals surface area contributed by atoms with Crippen molar-refractivity contribution in [2.24, 2.45) is 0 Å². The molecule has 0 bridgehead atoms. The maximum absolute atomic E-state index is 12.1. The first-order chi connectivity index (χ1) is 10.6. The summed E-state index contributed by atoms with van der Waals surface area (Å²) in [6.45, 7) is 5.96. The SMILES string of the molecule is Cc1cnn(C[C@H]2CCCN2CC(=O)Nc2cc(C)on2)c1. The predicted molar refractivity (Wildman–Crippen MR) is 81.4 cm³/mol. The van der Waals surface area contributed by atoms with E-state index in [0.717, 1.165) is 31.5 Å². The van der Waals surface area contributed by atoms with Gasteiger partial charge in [0.25, 0.3) is 0 Å². The minimum atomic E-state index is -0.0585. The Morgan fingerprint density at radius 1 is 1.50 bits per heavy atom. The van der Waals surface area contributed by atoms with Gasteiger partial charge < -0.3 is 9.84 Å². The average molecular weight is 303 g/mol. The lowest BCUT2D eigenvalue weighted by Gasteiger charge is -2.23. The van der Waals surface area contributed by atoms with E-state index in [0.29, 0.717) is 24.2 Å². The zero-order chi connectivity index (χ0) is 15.5. The molecule has 1 aliphatic heterocycles. The molecule has 0 unspecified atom stereocenters. The third-order valence-electron chi connectivity index (χ3n) is 3.90. The lowest BCUT2D eigenvalue weighted by Crippen LogP contribution is -2.39. The van der Waals surface area contributed by atoms with Gasteiger partial charge in [-0.15, -0.1) is 0 Å². The number of likely N-dealkylation sites (tertiary alicyclic amines) is 1. The molecule has 1 saturated heterocycles. The Hall–Kier alpha value is -2.15. The number of nitrogens with one attached hydrogen (secondary N) is 1. The number of aryl methyl sites for hydroxylation is 2. The van der Waals surface area contributed by atoms with Crippen molar-refractivity contribution >= 4 is 11.7 Å². The number of amides is 1. The van der Waals surface area contributed by atoms with E-state index in [1.165, 1.54) is 0 Å². The van der Waals surface area contributed by atoms with Gasteiger partial charge in [0, 0.05) is 18.3 Å². The first-order valence-electron chi connectivity index (χ1n) is 7.56. The van der Waals surface area contributed by atoms with Crippen LogP contribution in [0.15, 0.2) is 23.0 Å². The normalized spacial score (nSPS) is 18.7. The second kappa shape index (κ2) is 6.31. The highest BCUT2D eigenvalue weighted by molar-refractivity contribution is 5.91. The molecule has 3 rings (SSSR count). The molecular formula is C15H21N5O2. The van der Waals surface area contributed by atoms with Crippen LogP contribution in [0.4, 0.5) is 5.82 Å². The molecular weight excluding hydrogens is 282 g/mol. The van der Waals surface area contributed by atoms with Gasteiger partial charge in [-0.25, -0.2) is 0 Å². The highest BCUT2D eigenvalue weighted by Crippen LogP contribution is 2.19. The number of nitrogens with zero attached hydrogens (tertiary/aromatic N) is 4. The van der Waals surface area contributed by atoms with Crippen LogP contribution in [0, 0.1) is 13.8 Å². The van der Waals surface area contributed by atoms with Crippen molar-refractivity contribution in [2.75, 3.05) is 18.4 Å². The van der Waals surface area contributed by atoms with Gasteiger partial charge in [-0.1, -0.05) is 5.16 Å². The van der Waals surface area contributed by atoms with Gasteiger partial charge in [0.2, 0.25) is 5.91 Å². The van der Waals surface area contributed by atoms with E-state index in [2.05, 4.69) is 20.5 Å². The molecule has 7 nitrogen and oxygen atoms in total. The summed E-state index contributed by atoms with van der Waals surface area (Å²) in [6, 6.07) is 2.07. The highest BCUT2D eigenvalue weighted by Gasteiger charge is 2.26. The van der Waals surface area contributed by atoms with Gasteiger partial charge in [0.1, 0.15) is 5.76 Å². The quantitative estimate of drug-likeness (QED) is 0.907. The molecule has 0 aromatic carbocycles. The summed E-state index contributed by atoms with van der Waals surface area (Å²) in [4.78, 5) is 14.3. The van der Waals surface area contributed by atoms with E-state index in [4.69, 9.17) is 4.52 Å². The van der Waals surface area contributed by atoms with Gasteiger partial charge in [0.05, 0.1) is 19.3 Å². The molecule has 0 spiro atoms. The molecule has 2 aromatic rings. The van der Waals surface area contributed by atoms with Crippen LogP contribution in [0.2, 0.25) is 0 Å². The molecule has 1 atom stereocenters. The number of hydrogen-bond donors (Lipinski definition) is 1. The monoisotopic (exact) mass is 303 g/mol. The van der Waals surface area contributed by atoms with Crippen molar-refractivity contribution in [1.29, 1.82) is 0 Å². The second-order valence-electron chi connectivity index (χ2n) is 5.88. The third-order valence-corrected chi connectivity index (χ3v) is 3.90. The standard InChI is InChI=1S/C15H21N5O2/c1-11-7-16-20(8-11)9-13-4-3-5-19(13)10-15(21)17-14-6-12(2)22-18-14/h6-8,13H,3-5,9-10H2,1-2H3,(H,17,18,21)/t13-/m1/s1. The highest BCUT2D eigenvalue weighted by atomic mass is 16.5. The number of hydrogen-bond acceptors (Lipinski definition) is 5. The Balaban J connectivity index is 1.55. The van der Waals surface area contributed by atoms with Gasteiger partial charge in [-0.3, -0.25) is 14.4 Å². The van der Waals surface area contributed by atoms with Crippen molar-refractivity contribution in [2.45, 2.75) is 39.3 Å². The molecule has 0 aliphatic carbocycles. The Morgan fingerprint density at radius 2 is 2.36 bits per heavy atom. The summed E-state index contributed by atoms with van der Waals surface area (Å²) in [5.41, 5.74) is 1.16. The van der Waals surface area contributed by atoms with Crippen LogP contribution in [0.1, 0.15) is 24.2 Å². The number of rotatable bonds is 5. The fourth-order valence-electron chi connectivity index (χ4n) is 2.88. The number of aromatic nitrogens is 3. The molecule has 1 N–H and O–H groups in total. The van der Waals surface area contributed by atoms with Crippen molar-refractivity contribution in [1.82, 2.24) is 19.8 Å². The van der Waals surface area contributed by atoms with Gasteiger partial charge >= 0.3 is 0 Å². The minimum absolute atomic E-state index is 0.0585. The first-order valence-corrected chi connectivity index (χ1v) is 7.56. The van der Waals surface area contributed by atoms with Gasteiger partial charge in [-0.05, 0) is 38.8 Å². The van der Waals surface area contributed by atoms with Crippen molar-refractivity contribution < 1.29 is 9.32 Å². The zero-order valence-corrected chi connectivity index (χ0v) is 13.0. The maximum atomic E-state index is 12.1. The van der Waals surface area contributed by atoms with Crippen LogP contribution in [-0.4, -0.2) is 44.9 Å². The van der Waals surface area contributed by atoms with E-state index in [1.54, 1.807) is 13.0 Å². The van der Waals surface area contributed by atoms with Gasteiger partial charge in [0.15, 0.2) is 5.82 Å². The number of anilines is 1. The van der Waals surface area contributed by atoms with Crippen LogP contribution in [0.3, 0.4) is 0 Å². The summed E-state index contributed by atoms with van der Waals surface area (Å²) >= 11 is 0. The Morgan fingerprint density at radius 3 is 3.05 bits per heavy atom. The van der Waals surface area contributed by atoms with Crippen molar-refractivity contribution in [3.8, 4) is 0 Å². The molecule has 1 aliphatic rings. The molecule has 3 heterocycles. The molecule has 0 saturated carbocycles. The van der Waals surface area contributed by atoms with Crippen LogP contribution < -0.4 is 5.32 Å². The Labute approximate surface area is 129 Å². The third kappa shape index (κ3) is 3.54. The predicted octanol–water partition coefficient (Wildman–Crippen LogP) is 1.59. The Kier molecular flexibility index (Phi) is 4.24. The smallest absolute Gasteiger partial charge is 0.239 e. The molecule has 1 fully saturated rings. The fraction of sp³-hybridized carbons (Fsp3) is 0.533. The molecule has 118 valence electrons. The number of carbonyl (C=O) groups excluding carboxylic acids is 1. The molecule has 22 heavy (non-hydrogen) atoms. The summed E-state index contributed by atoms with van der Waals surface area (Å²) in [6.07, 6.45) is 6.10. The topological polar surface area (TPSA) is 76.2 Å². The van der Waals surface area contributed by atoms with E-state index in [9.17, 15) is 4.79 Å². The maximum Gasteiger partial charge on any atom is 0.239 e. The lowest BCUT2D eigenvalue weighted by molar-refractivity contribution is -0.117. The molecule has 2 aromatic heterocycles. The van der Waals surface area contributed by atoms with E-state index < -0.39 is 0 Å². The summed E-state index contributed by atoms with van der Waals surface area (Å²) in [5, 5.41) is 10.9. The fourth-order valence-corrected chi connectivity index (χ4v) is 2.88. The minimum Gasteiger partial charge on any atom is -0.360 e. The van der Waals surface area contributed by atoms with E-state index in [-0.39, 0.29) is 5.91 Å². The first kappa shape index (κ1) is 14.8. The summed E-state index contributed by atoms with van der Waals surface area (Å²) < 4.78 is 6.90. The average Bonchev–Trinajstić information content (AvgIpc) is 3.15. The van der Waals surface area contributed by atoms with Crippen LogP contribution >= 0.6 is 0 Å². The van der Waals surface area contributed by atoms with Crippen LogP contribution in [-0.2, 0) is 11.3 Å². The van der Waals surface area contributed by atoms with Crippen LogP contribution in [0.25, 0.3) is 0 Å². The molecule has 1 amide bonds. The molecule has 7 heteroatoms. The summed E-state index contributed by atoms with van der Waals surface area (Å²) in [5.74, 6) is 1.10. The second-order valence-corrected chi connectivity index (χ2v) is 5.88. The number of carbonyl (C=O) groups is 1. The van der Waals surface area contributed by atoms with Crippen molar-refractivity contribution in [3.05, 3.63) is 29.8 Å². The van der Waals surface area contributed by atoms with E-state index in [1.807, 2.05) is 24.0 Å². The summed E-state index contributed by atoms with van der Waals surface area (Å²) in [7, 11) is 0. The van der Waals surface area contributed by atoms with Crippen LogP contribution in [0.5, 0.6) is 0 Å². The van der Waals surface area contributed by atoms with Gasteiger partial charge in [-0.2, -0.15) is 5.10 Å². The zero-order valence-electron chi connectivity index (χ0n) is 13.0.